The molecule has 2 rings (SSSR count). The first-order valence-electron chi connectivity index (χ1n) is 6.13. The fourth-order valence-corrected chi connectivity index (χ4v) is 2.13. The molecule has 0 spiro atoms. The van der Waals surface area contributed by atoms with Crippen LogP contribution in [0.5, 0.6) is 5.75 Å². The molecule has 0 aliphatic carbocycles. The average molecular weight is 255 g/mol. The molecule has 0 heterocycles. The van der Waals surface area contributed by atoms with Crippen molar-refractivity contribution in [2.45, 2.75) is 6.92 Å². The van der Waals surface area contributed by atoms with Crippen molar-refractivity contribution in [3.63, 3.8) is 0 Å². The van der Waals surface area contributed by atoms with Gasteiger partial charge in [-0.05, 0) is 41.8 Å². The van der Waals surface area contributed by atoms with Gasteiger partial charge in [0.15, 0.2) is 0 Å². The summed E-state index contributed by atoms with van der Waals surface area (Å²) in [6, 6.07) is 13.5. The van der Waals surface area contributed by atoms with Gasteiger partial charge in [0.05, 0.1) is 7.11 Å². The first kappa shape index (κ1) is 13.1. The molecule has 1 amide bonds. The Labute approximate surface area is 113 Å². The number of nitrogens with one attached hydrogen (secondary N) is 1. The smallest absolute Gasteiger partial charge is 0.251 e. The van der Waals surface area contributed by atoms with Crippen LogP contribution in [0.2, 0.25) is 0 Å². The zero-order chi connectivity index (χ0) is 13.8. The van der Waals surface area contributed by atoms with Crippen LogP contribution in [0.4, 0.5) is 0 Å². The molecular weight excluding hydrogens is 238 g/mol. The molecule has 3 heteroatoms. The van der Waals surface area contributed by atoms with Crippen LogP contribution in [0.15, 0.2) is 42.5 Å². The molecule has 0 atom stereocenters. The summed E-state index contributed by atoms with van der Waals surface area (Å²) in [5.74, 6) is 0.730. The van der Waals surface area contributed by atoms with Gasteiger partial charge in [0.25, 0.3) is 5.91 Å². The van der Waals surface area contributed by atoms with E-state index in [9.17, 15) is 4.79 Å². The van der Waals surface area contributed by atoms with E-state index in [0.717, 1.165) is 22.4 Å². The lowest BCUT2D eigenvalue weighted by Gasteiger charge is -2.12. The average Bonchev–Trinajstić information content (AvgIpc) is 2.46. The summed E-state index contributed by atoms with van der Waals surface area (Å²) >= 11 is 0. The number of rotatable bonds is 3. The van der Waals surface area contributed by atoms with Crippen molar-refractivity contribution in [2.24, 2.45) is 0 Å². The molecule has 2 aromatic rings. The molecule has 0 aromatic heterocycles. The van der Waals surface area contributed by atoms with Crippen molar-refractivity contribution in [1.29, 1.82) is 0 Å². The fourth-order valence-electron chi connectivity index (χ4n) is 2.13. The summed E-state index contributed by atoms with van der Waals surface area (Å²) < 4.78 is 5.15. The highest BCUT2D eigenvalue weighted by atomic mass is 16.5. The van der Waals surface area contributed by atoms with E-state index in [1.165, 1.54) is 0 Å². The quantitative estimate of drug-likeness (QED) is 0.915. The molecular formula is C16H17NO2. The molecule has 98 valence electrons. The lowest BCUT2D eigenvalue weighted by molar-refractivity contribution is 0.0963. The van der Waals surface area contributed by atoms with Gasteiger partial charge < -0.3 is 10.1 Å². The first-order valence-corrected chi connectivity index (χ1v) is 6.13. The van der Waals surface area contributed by atoms with Crippen LogP contribution in [-0.4, -0.2) is 20.1 Å². The van der Waals surface area contributed by atoms with Gasteiger partial charge in [-0.3, -0.25) is 4.79 Å². The molecule has 0 aliphatic rings. The fraction of sp³-hybridized carbons (Fsp3) is 0.188. The van der Waals surface area contributed by atoms with Gasteiger partial charge >= 0.3 is 0 Å². The highest BCUT2D eigenvalue weighted by Gasteiger charge is 2.13. The van der Waals surface area contributed by atoms with Crippen molar-refractivity contribution in [3.8, 4) is 16.9 Å². The summed E-state index contributed by atoms with van der Waals surface area (Å²) in [5, 5.41) is 2.68. The zero-order valence-corrected chi connectivity index (χ0v) is 11.4. The number of benzene rings is 2. The maximum Gasteiger partial charge on any atom is 0.251 e. The van der Waals surface area contributed by atoms with Crippen LogP contribution in [0.25, 0.3) is 11.1 Å². The second-order valence-electron chi connectivity index (χ2n) is 4.31. The molecule has 0 saturated carbocycles. The van der Waals surface area contributed by atoms with E-state index < -0.39 is 0 Å². The lowest BCUT2D eigenvalue weighted by atomic mass is 9.94. The van der Waals surface area contributed by atoms with Gasteiger partial charge in [0, 0.05) is 12.6 Å². The third-order valence-electron chi connectivity index (χ3n) is 3.12. The molecule has 0 fully saturated rings. The minimum Gasteiger partial charge on any atom is -0.497 e. The van der Waals surface area contributed by atoms with Crippen LogP contribution >= 0.6 is 0 Å². The van der Waals surface area contributed by atoms with E-state index in [2.05, 4.69) is 5.32 Å². The number of methoxy groups -OCH3 is 1. The zero-order valence-electron chi connectivity index (χ0n) is 11.4. The molecule has 19 heavy (non-hydrogen) atoms. The molecule has 0 unspecified atom stereocenters. The van der Waals surface area contributed by atoms with E-state index in [1.807, 2.05) is 49.4 Å². The third kappa shape index (κ3) is 2.60. The number of hydrogen-bond acceptors (Lipinski definition) is 2. The number of hydrogen-bond donors (Lipinski definition) is 1. The monoisotopic (exact) mass is 255 g/mol. The summed E-state index contributed by atoms with van der Waals surface area (Å²) in [5.41, 5.74) is 3.74. The Kier molecular flexibility index (Phi) is 3.85. The van der Waals surface area contributed by atoms with Gasteiger partial charge in [-0.2, -0.15) is 0 Å². The van der Waals surface area contributed by atoms with Crippen LogP contribution < -0.4 is 10.1 Å². The van der Waals surface area contributed by atoms with Crippen molar-refractivity contribution in [3.05, 3.63) is 53.6 Å². The minimum absolute atomic E-state index is 0.0745. The van der Waals surface area contributed by atoms with Gasteiger partial charge in [-0.25, -0.2) is 0 Å². The molecule has 0 bridgehead atoms. The highest BCUT2D eigenvalue weighted by molar-refractivity contribution is 6.01. The maximum absolute atomic E-state index is 11.9. The second kappa shape index (κ2) is 5.57. The summed E-state index contributed by atoms with van der Waals surface area (Å²) in [6.07, 6.45) is 0. The number of ether oxygens (including phenoxy) is 1. The van der Waals surface area contributed by atoms with Gasteiger partial charge in [0.2, 0.25) is 0 Å². The lowest BCUT2D eigenvalue weighted by Crippen LogP contribution is -2.19. The molecule has 0 saturated heterocycles. The van der Waals surface area contributed by atoms with E-state index in [4.69, 9.17) is 4.74 Å². The number of carbonyl (C=O) groups is 1. The van der Waals surface area contributed by atoms with Crippen molar-refractivity contribution in [1.82, 2.24) is 5.32 Å². The second-order valence-corrected chi connectivity index (χ2v) is 4.31. The Morgan fingerprint density at radius 1 is 1.11 bits per heavy atom. The Hall–Kier alpha value is -2.29. The van der Waals surface area contributed by atoms with Crippen LogP contribution in [0.1, 0.15) is 15.9 Å². The maximum atomic E-state index is 11.9. The Morgan fingerprint density at radius 3 is 2.37 bits per heavy atom. The summed E-state index contributed by atoms with van der Waals surface area (Å²) in [4.78, 5) is 11.9. The molecule has 0 aliphatic heterocycles. The van der Waals surface area contributed by atoms with Crippen molar-refractivity contribution < 1.29 is 9.53 Å². The van der Waals surface area contributed by atoms with Crippen LogP contribution in [-0.2, 0) is 0 Å². The normalized spacial score (nSPS) is 10.1. The molecule has 3 nitrogen and oxygen atoms in total. The van der Waals surface area contributed by atoms with Crippen molar-refractivity contribution >= 4 is 5.91 Å². The standard InChI is InChI=1S/C16H17NO2/c1-11-5-4-6-14(16(18)17-2)15(11)12-7-9-13(19-3)10-8-12/h4-10H,1-3H3,(H,17,18). The summed E-state index contributed by atoms with van der Waals surface area (Å²) in [7, 11) is 3.28. The van der Waals surface area contributed by atoms with Crippen LogP contribution in [0.3, 0.4) is 0 Å². The van der Waals surface area contributed by atoms with E-state index >= 15 is 0 Å². The van der Waals surface area contributed by atoms with E-state index in [-0.39, 0.29) is 5.91 Å². The largest absolute Gasteiger partial charge is 0.497 e. The minimum atomic E-state index is -0.0745. The Morgan fingerprint density at radius 2 is 1.79 bits per heavy atom. The first-order chi connectivity index (χ1) is 9.17. The van der Waals surface area contributed by atoms with Crippen LogP contribution in [0, 0.1) is 6.92 Å². The van der Waals surface area contributed by atoms with Gasteiger partial charge in [-0.15, -0.1) is 0 Å². The van der Waals surface area contributed by atoms with Crippen molar-refractivity contribution in [2.75, 3.05) is 14.2 Å². The Bertz CT molecular complexity index is 588. The highest BCUT2D eigenvalue weighted by Crippen LogP contribution is 2.29. The third-order valence-corrected chi connectivity index (χ3v) is 3.12. The molecule has 1 N–H and O–H groups in total. The van der Waals surface area contributed by atoms with E-state index in [1.54, 1.807) is 14.2 Å². The predicted octanol–water partition coefficient (Wildman–Crippen LogP) is 3.03. The number of carbonyl (C=O) groups excluding carboxylic acids is 1. The number of amides is 1. The molecule has 0 radical (unpaired) electrons. The summed E-state index contributed by atoms with van der Waals surface area (Å²) in [6.45, 7) is 2.01. The van der Waals surface area contributed by atoms with E-state index in [0.29, 0.717) is 5.56 Å². The predicted molar refractivity (Wildman–Crippen MR) is 76.6 cm³/mol. The topological polar surface area (TPSA) is 38.3 Å². The molecule has 2 aromatic carbocycles. The SMILES string of the molecule is CNC(=O)c1cccc(C)c1-c1ccc(OC)cc1. The van der Waals surface area contributed by atoms with Gasteiger partial charge in [-0.1, -0.05) is 24.3 Å². The Balaban J connectivity index is 2.56. The number of aryl methyl sites for hydroxylation is 1. The van der Waals surface area contributed by atoms with Gasteiger partial charge in [0.1, 0.15) is 5.75 Å².